The zero-order valence-electron chi connectivity index (χ0n) is 66.9. The van der Waals surface area contributed by atoms with Gasteiger partial charge in [-0.3, -0.25) is 72.3 Å². The zero-order valence-corrected chi connectivity index (χ0v) is 67.7. The number of phenolic OH excluding ortho intramolecular Hbond substituents is 5. The highest BCUT2D eigenvalue weighted by atomic mass is 32.1. The van der Waals surface area contributed by atoms with E-state index in [9.17, 15) is 83.4 Å². The highest BCUT2D eigenvalue weighted by Crippen LogP contribution is 2.43. The monoisotopic (exact) mass is 1690 g/mol. The van der Waals surface area contributed by atoms with Gasteiger partial charge in [0.25, 0.3) is 47.3 Å². The molecule has 5 aliphatic heterocycles. The number of rotatable bonds is 17. The van der Waals surface area contributed by atoms with Crippen molar-refractivity contribution >= 4 is 99.1 Å². The molecule has 9 amide bonds. The molecule has 6 aromatic rings. The number of amides is 9. The Balaban J connectivity index is 0.941. The van der Waals surface area contributed by atoms with E-state index in [-0.39, 0.29) is 252 Å². The molecule has 12 bridgehead atoms. The van der Waals surface area contributed by atoms with Crippen molar-refractivity contribution < 1.29 is 92.9 Å². The van der Waals surface area contributed by atoms with E-state index in [0.29, 0.717) is 47.9 Å². The van der Waals surface area contributed by atoms with Crippen molar-refractivity contribution in [3.63, 3.8) is 0 Å². The predicted molar refractivity (Wildman–Crippen MR) is 454 cm³/mol. The number of thiocarbonyl (C=S) groups is 1. The number of carboxylic acid groups (broad SMARTS) is 2. The number of hydrogen-bond donors (Lipinski definition) is 18. The summed E-state index contributed by atoms with van der Waals surface area (Å²) < 4.78 is 6.00. The minimum Gasteiger partial charge on any atom is -0.508 e. The van der Waals surface area contributed by atoms with Gasteiger partial charge in [0.1, 0.15) is 40.1 Å². The predicted octanol–water partition coefficient (Wildman–Crippen LogP) is 4.41. The molecule has 0 radical (unpaired) electrons. The van der Waals surface area contributed by atoms with Gasteiger partial charge in [-0.1, -0.05) is 30.3 Å². The normalized spacial score (nSPS) is 19.1. The fourth-order valence-electron chi connectivity index (χ4n) is 14.9. The number of fused-ring (bicyclic) bond motifs is 18. The molecular formula is C86H99N15O20S. The fraction of sp³-hybridized carbons (Fsp3) is 0.360. The summed E-state index contributed by atoms with van der Waals surface area (Å²) in [4.78, 5) is 172. The molecule has 644 valence electrons. The first-order valence-electron chi connectivity index (χ1n) is 40.4. The van der Waals surface area contributed by atoms with Crippen LogP contribution in [0.15, 0.2) is 137 Å². The maximum Gasteiger partial charge on any atom is 0.336 e. The number of carbonyl (C=O) groups is 11. The highest BCUT2D eigenvalue weighted by molar-refractivity contribution is 7.80. The minimum atomic E-state index is -1.29. The van der Waals surface area contributed by atoms with Gasteiger partial charge in [-0.15, -0.1) is 0 Å². The van der Waals surface area contributed by atoms with Crippen molar-refractivity contribution in [3.8, 4) is 51.2 Å². The number of aromatic hydroxyl groups is 5. The number of nitrogens with zero attached hydrogens (tertiary/aromatic N) is 4. The van der Waals surface area contributed by atoms with Crippen LogP contribution in [0.2, 0.25) is 0 Å². The van der Waals surface area contributed by atoms with Gasteiger partial charge < -0.3 is 98.6 Å². The van der Waals surface area contributed by atoms with E-state index >= 15 is 4.79 Å². The van der Waals surface area contributed by atoms with Crippen molar-refractivity contribution in [2.45, 2.75) is 69.9 Å². The zero-order chi connectivity index (χ0) is 86.9. The summed E-state index contributed by atoms with van der Waals surface area (Å²) in [6, 6.07) is 28.1. The van der Waals surface area contributed by atoms with Crippen LogP contribution >= 0.6 is 12.2 Å². The van der Waals surface area contributed by atoms with Gasteiger partial charge in [-0.2, -0.15) is 0 Å². The Morgan fingerprint density at radius 3 is 1.22 bits per heavy atom. The van der Waals surface area contributed by atoms with E-state index < -0.39 is 94.3 Å². The van der Waals surface area contributed by atoms with Crippen LogP contribution in [-0.2, 0) is 9.59 Å². The van der Waals surface area contributed by atoms with Crippen LogP contribution in [0, 0.1) is 0 Å². The lowest BCUT2D eigenvalue weighted by molar-refractivity contribution is -0.137. The first kappa shape index (κ1) is 89.5. The van der Waals surface area contributed by atoms with Gasteiger partial charge in [0.05, 0.1) is 50.1 Å². The maximum absolute atomic E-state index is 15.0. The van der Waals surface area contributed by atoms with E-state index in [2.05, 4.69) is 58.5 Å². The second-order valence-corrected chi connectivity index (χ2v) is 30.2. The Morgan fingerprint density at radius 2 is 0.803 bits per heavy atom. The number of carboxylic acids is 2. The molecule has 0 spiro atoms. The number of phenols is 5. The summed E-state index contributed by atoms with van der Waals surface area (Å²) in [6.07, 6.45) is 1.79. The molecular weight excluding hydrogens is 1600 g/mol. The van der Waals surface area contributed by atoms with Crippen molar-refractivity contribution in [2.24, 2.45) is 0 Å². The molecule has 0 saturated carbocycles. The number of aromatic carboxylic acids is 1. The molecule has 0 fully saturated rings. The van der Waals surface area contributed by atoms with Gasteiger partial charge >= 0.3 is 11.9 Å². The van der Waals surface area contributed by atoms with Crippen molar-refractivity contribution in [1.29, 1.82) is 0 Å². The molecule has 36 heteroatoms. The molecule has 0 saturated heterocycles. The van der Waals surface area contributed by atoms with Gasteiger partial charge in [0.2, 0.25) is 5.91 Å². The first-order chi connectivity index (χ1) is 58.8. The smallest absolute Gasteiger partial charge is 0.336 e. The number of carbonyl (C=O) groups excluding carboxylic acids is 9. The summed E-state index contributed by atoms with van der Waals surface area (Å²) >= 11 is 5.76. The molecule has 6 atom stereocenters. The topological polar surface area (TPSA) is 505 Å². The number of nitrogens with one attached hydrogen (secondary N) is 11. The van der Waals surface area contributed by atoms with Crippen molar-refractivity contribution in [1.82, 2.24) is 72.8 Å². The maximum atomic E-state index is 15.0. The van der Waals surface area contributed by atoms with Crippen LogP contribution in [0.3, 0.4) is 0 Å². The first-order valence-corrected chi connectivity index (χ1v) is 40.8. The van der Waals surface area contributed by atoms with Gasteiger partial charge in [0.15, 0.2) is 10.5 Å². The third-order valence-corrected chi connectivity index (χ3v) is 21.5. The molecule has 6 aliphatic rings. The third kappa shape index (κ3) is 24.3. The van der Waals surface area contributed by atoms with Crippen molar-refractivity contribution in [2.75, 3.05) is 136 Å². The molecule has 18 N–H and O–H groups in total. The number of anilines is 1. The SMILES string of the molecule is O=C(O)CCCC(=O)NCCCCC1CN2CCNC(=O)c3cccc(c3O)C(=O)NCCN(CCNC(=O)c3cccc(c3O)C(=O)N1)CCN1CCNC(=O)c3cccc(c3O)C(=O)NCCN(CC2)CC(CCCCNC(=S)Nc2ccc(-c3c4ccc(=O)cc-4oc4cc(O)ccc34)c(C(=O)O)c2)NC(=O)c2cccc(c2O)C(=O)NCC1. The number of hydrogen-bond acceptors (Lipinski definition) is 23. The van der Waals surface area contributed by atoms with Crippen molar-refractivity contribution in [3.05, 3.63) is 188 Å². The third-order valence-electron chi connectivity index (χ3n) is 21.3. The molecule has 5 heterocycles. The lowest BCUT2D eigenvalue weighted by atomic mass is 9.90. The highest BCUT2D eigenvalue weighted by Gasteiger charge is 2.30. The van der Waals surface area contributed by atoms with Crippen LogP contribution < -0.4 is 63.9 Å². The van der Waals surface area contributed by atoms with Crippen LogP contribution in [0.1, 0.15) is 151 Å². The average Bonchev–Trinajstić information content (AvgIpc) is 0.745. The molecule has 6 unspecified atom stereocenters. The Morgan fingerprint density at radius 1 is 0.410 bits per heavy atom. The molecule has 35 nitrogen and oxygen atoms in total. The summed E-state index contributed by atoms with van der Waals surface area (Å²) in [5, 5.41) is 110. The molecule has 0 aromatic heterocycles. The number of benzene rings is 7. The summed E-state index contributed by atoms with van der Waals surface area (Å²) in [7, 11) is 0. The number of para-hydroxylation sites is 4. The summed E-state index contributed by atoms with van der Waals surface area (Å²) in [6.45, 7) is 0.765. The quantitative estimate of drug-likeness (QED) is 0.0341. The second-order valence-electron chi connectivity index (χ2n) is 29.8. The van der Waals surface area contributed by atoms with E-state index in [1.54, 1.807) is 18.2 Å². The second kappa shape index (κ2) is 43.1. The van der Waals surface area contributed by atoms with Crippen LogP contribution in [0.5, 0.6) is 28.7 Å². The van der Waals surface area contributed by atoms with E-state index in [0.717, 1.165) is 0 Å². The van der Waals surface area contributed by atoms with E-state index in [4.69, 9.17) is 21.7 Å². The Hall–Kier alpha value is -13.3. The standard InChI is InChI=1S/C86H99N15O20S/c102-54-23-26-57-68(47-54)121-69-48-55(103)24-27-58(69)72(57)56-25-22-51(46-67(56)85(119)120)97-86(122)94-29-4-2-11-53-50-101-41-35-93-80(114)62-15-6-13-60(74(62)108)78(112)89-31-37-99(39-33-91-82(116)64-17-8-19-66(76(64)110)84(118)96-53)43-42-98-36-30-88-77(111)59-12-5-14-61(73(59)107)79(113)92-34-40-100(44-45-101)49-52(10-1-3-28-87-70(104)20-9-21-71(105)106)95-83(117)65-18-7-16-63(75(65)109)81(115)90-32-38-98/h5-8,12-19,22-27,46-48,52-53,102,107-110H,1-4,9-11,20-21,28-45,49-50H2,(H,87,104)(H,88,111)(H,89,112)(H,90,115)(H,91,116)(H,92,113)(H,93,114)(H,95,117)(H,96,118)(H,105,106)(H,119,120)(H2,94,97,122). The van der Waals surface area contributed by atoms with E-state index in [1.165, 1.54) is 109 Å². The number of unbranched alkanes of at least 4 members (excludes halogenated alkanes) is 2. The van der Waals surface area contributed by atoms with Gasteiger partial charge in [0, 0.05) is 190 Å². The summed E-state index contributed by atoms with van der Waals surface area (Å²) in [5.74, 6) is -11.1. The van der Waals surface area contributed by atoms with Crippen LogP contribution in [0.4, 0.5) is 5.69 Å². The molecule has 6 aromatic carbocycles. The molecule has 12 rings (SSSR count). The largest absolute Gasteiger partial charge is 0.508 e. The lowest BCUT2D eigenvalue weighted by Gasteiger charge is -2.33. The Bertz CT molecular complexity index is 5260. The van der Waals surface area contributed by atoms with Gasteiger partial charge in [-0.05, 0) is 148 Å². The van der Waals surface area contributed by atoms with Crippen LogP contribution in [-0.4, -0.2) is 269 Å². The van der Waals surface area contributed by atoms with Crippen LogP contribution in [0.25, 0.3) is 33.4 Å². The Kier molecular flexibility index (Phi) is 31.6. The fourth-order valence-corrected chi connectivity index (χ4v) is 15.1. The van der Waals surface area contributed by atoms with E-state index in [1.807, 2.05) is 19.6 Å². The molecule has 1 aliphatic carbocycles. The lowest BCUT2D eigenvalue weighted by Crippen LogP contribution is -2.50. The minimum absolute atomic E-state index is 0.000603. The average molecular weight is 1690 g/mol. The summed E-state index contributed by atoms with van der Waals surface area (Å²) in [5.41, 5.74) is -0.670. The van der Waals surface area contributed by atoms with Gasteiger partial charge in [-0.25, -0.2) is 4.79 Å². The Labute approximate surface area is 706 Å². The number of aliphatic carboxylic acids is 1. The molecule has 122 heavy (non-hydrogen) atoms.